The molecular formula is C15H17N5O2. The molecule has 0 saturated carbocycles. The number of rotatable bonds is 3. The smallest absolute Gasteiger partial charge is 0.258 e. The van der Waals surface area contributed by atoms with E-state index in [0.717, 1.165) is 10.9 Å². The van der Waals surface area contributed by atoms with Crippen LogP contribution in [0.3, 0.4) is 0 Å². The number of hydrogen-bond donors (Lipinski definition) is 4. The van der Waals surface area contributed by atoms with Crippen LogP contribution in [0.15, 0.2) is 40.2 Å². The molecule has 3 rings (SSSR count). The van der Waals surface area contributed by atoms with Crippen molar-refractivity contribution in [3.8, 4) is 0 Å². The highest BCUT2D eigenvalue weighted by atomic mass is 16.2. The highest BCUT2D eigenvalue weighted by molar-refractivity contribution is 5.88. The minimum Gasteiger partial charge on any atom is -0.321 e. The summed E-state index contributed by atoms with van der Waals surface area (Å²) < 4.78 is 0. The second kappa shape index (κ2) is 6.08. The zero-order chi connectivity index (χ0) is 15.5. The van der Waals surface area contributed by atoms with Crippen LogP contribution in [0.2, 0.25) is 0 Å². The van der Waals surface area contributed by atoms with Crippen molar-refractivity contribution in [3.05, 3.63) is 46.2 Å². The molecule has 0 aliphatic carbocycles. The van der Waals surface area contributed by atoms with Crippen molar-refractivity contribution < 1.29 is 4.79 Å². The van der Waals surface area contributed by atoms with Crippen LogP contribution in [-0.4, -0.2) is 29.2 Å². The van der Waals surface area contributed by atoms with E-state index in [2.05, 4.69) is 26.4 Å². The number of aromatic amines is 1. The molecule has 1 aromatic heterocycles. The maximum absolute atomic E-state index is 11.9. The van der Waals surface area contributed by atoms with Crippen molar-refractivity contribution in [2.45, 2.75) is 25.4 Å². The number of hydrazone groups is 1. The first-order valence-corrected chi connectivity index (χ1v) is 7.09. The number of hydrogen-bond acceptors (Lipinski definition) is 5. The molecule has 1 aromatic carbocycles. The standard InChI is InChI=1S/C15H17N5O2/c1-9-6-13(19-18-9)15(22)20-16-8-11-7-10-4-2-3-5-12(10)17-14(11)21/h2-5,7-9,13,18-19H,6H2,1H3,(H,17,21)(H,20,22)/b16-8+. The Morgan fingerprint density at radius 2 is 2.18 bits per heavy atom. The molecule has 2 unspecified atom stereocenters. The van der Waals surface area contributed by atoms with Gasteiger partial charge in [-0.15, -0.1) is 0 Å². The number of carbonyl (C=O) groups excluding carboxylic acids is 1. The predicted molar refractivity (Wildman–Crippen MR) is 84.4 cm³/mol. The van der Waals surface area contributed by atoms with Gasteiger partial charge >= 0.3 is 0 Å². The average Bonchev–Trinajstić information content (AvgIpc) is 2.94. The van der Waals surface area contributed by atoms with Crippen LogP contribution in [0.25, 0.3) is 10.9 Å². The zero-order valence-corrected chi connectivity index (χ0v) is 12.1. The Bertz CT molecular complexity index is 783. The van der Waals surface area contributed by atoms with Crippen molar-refractivity contribution in [1.82, 2.24) is 21.3 Å². The summed E-state index contributed by atoms with van der Waals surface area (Å²) in [5.41, 5.74) is 9.22. The molecule has 4 N–H and O–H groups in total. The normalized spacial score (nSPS) is 21.5. The third-order valence-corrected chi connectivity index (χ3v) is 3.57. The summed E-state index contributed by atoms with van der Waals surface area (Å²) in [5.74, 6) is -0.231. The van der Waals surface area contributed by atoms with E-state index >= 15 is 0 Å². The summed E-state index contributed by atoms with van der Waals surface area (Å²) in [4.78, 5) is 26.6. The molecule has 1 saturated heterocycles. The van der Waals surface area contributed by atoms with Gasteiger partial charge in [0.05, 0.1) is 11.8 Å². The predicted octanol–water partition coefficient (Wildman–Crippen LogP) is 0.233. The lowest BCUT2D eigenvalue weighted by Crippen LogP contribution is -2.41. The maximum atomic E-state index is 11.9. The van der Waals surface area contributed by atoms with Gasteiger partial charge in [-0.25, -0.2) is 10.9 Å². The number of hydrazine groups is 1. The maximum Gasteiger partial charge on any atom is 0.258 e. The minimum atomic E-state index is -0.318. The lowest BCUT2D eigenvalue weighted by atomic mass is 10.1. The molecular weight excluding hydrogens is 282 g/mol. The van der Waals surface area contributed by atoms with Gasteiger partial charge in [0.1, 0.15) is 6.04 Å². The van der Waals surface area contributed by atoms with Crippen molar-refractivity contribution in [3.63, 3.8) is 0 Å². The van der Waals surface area contributed by atoms with Gasteiger partial charge in [0.15, 0.2) is 0 Å². The molecule has 1 aliphatic rings. The SMILES string of the molecule is CC1CC(C(=O)N/N=C/c2cc3ccccc3[nH]c2=O)NN1. The first-order valence-electron chi connectivity index (χ1n) is 7.09. The summed E-state index contributed by atoms with van der Waals surface area (Å²) in [6.07, 6.45) is 2.05. The van der Waals surface area contributed by atoms with E-state index in [9.17, 15) is 9.59 Å². The van der Waals surface area contributed by atoms with Gasteiger partial charge in [0.2, 0.25) is 0 Å². The molecule has 1 amide bonds. The van der Waals surface area contributed by atoms with Crippen molar-refractivity contribution in [2.75, 3.05) is 0 Å². The first kappa shape index (κ1) is 14.4. The number of benzene rings is 1. The minimum absolute atomic E-state index is 0.231. The monoisotopic (exact) mass is 299 g/mol. The number of carbonyl (C=O) groups is 1. The average molecular weight is 299 g/mol. The molecule has 1 fully saturated rings. The van der Waals surface area contributed by atoms with Gasteiger partial charge in [-0.05, 0) is 30.9 Å². The Morgan fingerprint density at radius 1 is 1.36 bits per heavy atom. The Kier molecular flexibility index (Phi) is 3.99. The molecule has 0 bridgehead atoms. The number of fused-ring (bicyclic) bond motifs is 1. The second-order valence-electron chi connectivity index (χ2n) is 5.35. The summed E-state index contributed by atoms with van der Waals surface area (Å²) in [7, 11) is 0. The van der Waals surface area contributed by atoms with Gasteiger partial charge in [0.25, 0.3) is 11.5 Å². The molecule has 7 heteroatoms. The van der Waals surface area contributed by atoms with Gasteiger partial charge in [0, 0.05) is 11.6 Å². The van der Waals surface area contributed by atoms with E-state index in [1.807, 2.05) is 31.2 Å². The van der Waals surface area contributed by atoms with Crippen LogP contribution < -0.4 is 21.8 Å². The van der Waals surface area contributed by atoms with Crippen LogP contribution in [-0.2, 0) is 4.79 Å². The number of pyridine rings is 1. The molecule has 0 radical (unpaired) electrons. The third kappa shape index (κ3) is 3.05. The lowest BCUT2D eigenvalue weighted by molar-refractivity contribution is -0.122. The van der Waals surface area contributed by atoms with Crippen molar-refractivity contribution in [2.24, 2.45) is 5.10 Å². The molecule has 1 aliphatic heterocycles. The van der Waals surface area contributed by atoms with E-state index in [1.54, 1.807) is 6.07 Å². The summed E-state index contributed by atoms with van der Waals surface area (Å²) >= 11 is 0. The molecule has 7 nitrogen and oxygen atoms in total. The summed E-state index contributed by atoms with van der Waals surface area (Å²) in [5, 5.41) is 4.77. The molecule has 22 heavy (non-hydrogen) atoms. The fourth-order valence-electron chi connectivity index (χ4n) is 2.39. The van der Waals surface area contributed by atoms with Crippen LogP contribution in [0.4, 0.5) is 0 Å². The third-order valence-electron chi connectivity index (χ3n) is 3.57. The van der Waals surface area contributed by atoms with Crippen molar-refractivity contribution in [1.29, 1.82) is 0 Å². The highest BCUT2D eigenvalue weighted by Gasteiger charge is 2.26. The van der Waals surface area contributed by atoms with Crippen LogP contribution in [0, 0.1) is 0 Å². The largest absolute Gasteiger partial charge is 0.321 e. The fourth-order valence-corrected chi connectivity index (χ4v) is 2.39. The Labute approximate surface area is 126 Å². The lowest BCUT2D eigenvalue weighted by Gasteiger charge is -2.06. The summed E-state index contributed by atoms with van der Waals surface area (Å²) in [6.45, 7) is 1.98. The van der Waals surface area contributed by atoms with Crippen LogP contribution in [0.1, 0.15) is 18.9 Å². The second-order valence-corrected chi connectivity index (χ2v) is 5.35. The Hall–Kier alpha value is -2.51. The number of amides is 1. The van der Waals surface area contributed by atoms with Gasteiger partial charge < -0.3 is 4.98 Å². The highest BCUT2D eigenvalue weighted by Crippen LogP contribution is 2.09. The van der Waals surface area contributed by atoms with Gasteiger partial charge in [-0.2, -0.15) is 5.10 Å². The molecule has 2 heterocycles. The van der Waals surface area contributed by atoms with Crippen LogP contribution in [0.5, 0.6) is 0 Å². The number of nitrogens with zero attached hydrogens (tertiary/aromatic N) is 1. The molecule has 2 atom stereocenters. The summed E-state index contributed by atoms with van der Waals surface area (Å²) in [6, 6.07) is 9.14. The van der Waals surface area contributed by atoms with Crippen LogP contribution >= 0.6 is 0 Å². The number of para-hydroxylation sites is 1. The van der Waals surface area contributed by atoms with E-state index in [1.165, 1.54) is 6.21 Å². The van der Waals surface area contributed by atoms with Crippen molar-refractivity contribution >= 4 is 23.0 Å². The topological polar surface area (TPSA) is 98.4 Å². The zero-order valence-electron chi connectivity index (χ0n) is 12.1. The molecule has 114 valence electrons. The van der Waals surface area contributed by atoms with Gasteiger partial charge in [-0.1, -0.05) is 18.2 Å². The van der Waals surface area contributed by atoms with E-state index in [-0.39, 0.29) is 23.6 Å². The number of H-pyrrole nitrogens is 1. The fraction of sp³-hybridized carbons (Fsp3) is 0.267. The number of aromatic nitrogens is 1. The van der Waals surface area contributed by atoms with Gasteiger partial charge in [-0.3, -0.25) is 15.0 Å². The Balaban J connectivity index is 1.71. The van der Waals surface area contributed by atoms with E-state index in [0.29, 0.717) is 12.0 Å². The molecule has 0 spiro atoms. The molecule has 2 aromatic rings. The van der Waals surface area contributed by atoms with E-state index in [4.69, 9.17) is 0 Å². The first-order chi connectivity index (χ1) is 10.6. The quantitative estimate of drug-likeness (QED) is 0.482. The number of nitrogens with one attached hydrogen (secondary N) is 4. The van der Waals surface area contributed by atoms with E-state index < -0.39 is 0 Å². The Morgan fingerprint density at radius 3 is 2.95 bits per heavy atom.